The average Bonchev–Trinajstić information content (AvgIpc) is 2.51. The van der Waals surface area contributed by atoms with Crippen molar-refractivity contribution in [1.82, 2.24) is 0 Å². The maximum atomic E-state index is 11.7. The molecular formula is C13H10Cl3NO5. The molecule has 1 N–H and O–H groups in total. The molecule has 0 aliphatic carbocycles. The standard InChI is InChI=1S/C13H10Cl3NO5/c14-7-3-9(16)10(4-8(7)15)17-12(18)6-22-13(19)11-5-20-1-2-21-11/h3-5H,1-2,6H2,(H,17,18). The van der Waals surface area contributed by atoms with Gasteiger partial charge in [0.1, 0.15) is 19.5 Å². The van der Waals surface area contributed by atoms with Crippen molar-refractivity contribution in [2.24, 2.45) is 0 Å². The number of carbonyl (C=O) groups excluding carboxylic acids is 2. The number of benzene rings is 1. The van der Waals surface area contributed by atoms with Gasteiger partial charge < -0.3 is 19.5 Å². The Hall–Kier alpha value is -1.63. The summed E-state index contributed by atoms with van der Waals surface area (Å²) >= 11 is 17.5. The lowest BCUT2D eigenvalue weighted by molar-refractivity contribution is -0.148. The van der Waals surface area contributed by atoms with E-state index in [4.69, 9.17) is 49.0 Å². The first kappa shape index (κ1) is 16.7. The third kappa shape index (κ3) is 4.43. The lowest BCUT2D eigenvalue weighted by Gasteiger charge is -2.14. The molecule has 0 atom stereocenters. The minimum absolute atomic E-state index is 0.0911. The maximum Gasteiger partial charge on any atom is 0.377 e. The highest BCUT2D eigenvalue weighted by atomic mass is 35.5. The molecule has 2 rings (SSSR count). The molecule has 1 heterocycles. The number of rotatable bonds is 4. The first-order valence-electron chi connectivity index (χ1n) is 6.03. The highest BCUT2D eigenvalue weighted by Gasteiger charge is 2.18. The van der Waals surface area contributed by atoms with Crippen molar-refractivity contribution < 1.29 is 23.8 Å². The fourth-order valence-corrected chi connectivity index (χ4v) is 2.08. The summed E-state index contributed by atoms with van der Waals surface area (Å²) in [5, 5.41) is 3.16. The largest absolute Gasteiger partial charge is 0.493 e. The van der Waals surface area contributed by atoms with E-state index >= 15 is 0 Å². The van der Waals surface area contributed by atoms with Crippen LogP contribution in [0.2, 0.25) is 15.1 Å². The second-order valence-electron chi connectivity index (χ2n) is 4.07. The van der Waals surface area contributed by atoms with Crippen molar-refractivity contribution in [3.8, 4) is 0 Å². The smallest absolute Gasteiger partial charge is 0.377 e. The predicted molar refractivity (Wildman–Crippen MR) is 81.0 cm³/mol. The topological polar surface area (TPSA) is 73.9 Å². The third-order valence-corrected chi connectivity index (χ3v) is 3.50. The minimum Gasteiger partial charge on any atom is -0.493 e. The maximum absolute atomic E-state index is 11.7. The van der Waals surface area contributed by atoms with Crippen LogP contribution in [0.1, 0.15) is 0 Å². The summed E-state index contributed by atoms with van der Waals surface area (Å²) < 4.78 is 14.7. The van der Waals surface area contributed by atoms with E-state index in [1.54, 1.807) is 0 Å². The summed E-state index contributed by atoms with van der Waals surface area (Å²) in [5.41, 5.74) is 0.258. The van der Waals surface area contributed by atoms with Crippen LogP contribution in [-0.4, -0.2) is 31.7 Å². The average molecular weight is 367 g/mol. The summed E-state index contributed by atoms with van der Waals surface area (Å²) in [6.07, 6.45) is 1.14. The van der Waals surface area contributed by atoms with E-state index in [9.17, 15) is 9.59 Å². The molecule has 0 saturated heterocycles. The van der Waals surface area contributed by atoms with Gasteiger partial charge in [-0.05, 0) is 12.1 Å². The molecule has 1 aliphatic rings. The Kier molecular flexibility index (Phi) is 5.76. The number of carbonyl (C=O) groups is 2. The molecule has 22 heavy (non-hydrogen) atoms. The third-order valence-electron chi connectivity index (χ3n) is 2.47. The van der Waals surface area contributed by atoms with Gasteiger partial charge in [-0.2, -0.15) is 0 Å². The number of esters is 1. The SMILES string of the molecule is O=C(COC(=O)C1=COCCO1)Nc1cc(Cl)c(Cl)cc1Cl. The van der Waals surface area contributed by atoms with Crippen molar-refractivity contribution >= 4 is 52.4 Å². The van der Waals surface area contributed by atoms with Crippen LogP contribution in [0.25, 0.3) is 0 Å². The van der Waals surface area contributed by atoms with Gasteiger partial charge in [0.05, 0.1) is 20.8 Å². The molecule has 0 aromatic heterocycles. The van der Waals surface area contributed by atoms with Crippen LogP contribution >= 0.6 is 34.8 Å². The van der Waals surface area contributed by atoms with Crippen molar-refractivity contribution in [1.29, 1.82) is 0 Å². The summed E-state index contributed by atoms with van der Waals surface area (Å²) in [4.78, 5) is 23.3. The molecule has 0 saturated carbocycles. The van der Waals surface area contributed by atoms with Gasteiger partial charge in [-0.3, -0.25) is 4.79 Å². The Labute approximate surface area is 140 Å². The lowest BCUT2D eigenvalue weighted by Crippen LogP contribution is -2.23. The zero-order chi connectivity index (χ0) is 16.1. The quantitative estimate of drug-likeness (QED) is 0.655. The summed E-state index contributed by atoms with van der Waals surface area (Å²) in [7, 11) is 0. The number of amides is 1. The van der Waals surface area contributed by atoms with Crippen LogP contribution in [0, 0.1) is 0 Å². The Morgan fingerprint density at radius 1 is 1.14 bits per heavy atom. The van der Waals surface area contributed by atoms with Crippen molar-refractivity contribution in [3.05, 3.63) is 39.2 Å². The fourth-order valence-electron chi connectivity index (χ4n) is 1.48. The minimum atomic E-state index is -0.796. The summed E-state index contributed by atoms with van der Waals surface area (Å²) in [6, 6.07) is 2.79. The molecule has 0 fully saturated rings. The van der Waals surface area contributed by atoms with E-state index < -0.39 is 18.5 Å². The van der Waals surface area contributed by atoms with Gasteiger partial charge >= 0.3 is 5.97 Å². The normalized spacial score (nSPS) is 13.5. The van der Waals surface area contributed by atoms with Gasteiger partial charge in [-0.25, -0.2) is 4.79 Å². The van der Waals surface area contributed by atoms with Crippen molar-refractivity contribution in [2.75, 3.05) is 25.1 Å². The van der Waals surface area contributed by atoms with E-state index in [2.05, 4.69) is 5.32 Å². The molecule has 1 aromatic carbocycles. The summed E-state index contributed by atoms with van der Waals surface area (Å²) in [5.74, 6) is -1.48. The summed E-state index contributed by atoms with van der Waals surface area (Å²) in [6.45, 7) is 0.0786. The van der Waals surface area contributed by atoms with Crippen LogP contribution in [0.4, 0.5) is 5.69 Å². The molecule has 1 amide bonds. The number of ether oxygens (including phenoxy) is 3. The Bertz CT molecular complexity index is 632. The number of hydrogen-bond donors (Lipinski definition) is 1. The zero-order valence-corrected chi connectivity index (χ0v) is 13.3. The highest BCUT2D eigenvalue weighted by molar-refractivity contribution is 6.44. The molecule has 0 bridgehead atoms. The molecule has 9 heteroatoms. The van der Waals surface area contributed by atoms with Gasteiger partial charge in [-0.15, -0.1) is 0 Å². The van der Waals surface area contributed by atoms with Gasteiger partial charge in [0.2, 0.25) is 5.76 Å². The highest BCUT2D eigenvalue weighted by Crippen LogP contribution is 2.32. The van der Waals surface area contributed by atoms with Crippen LogP contribution in [0.15, 0.2) is 24.2 Å². The molecule has 118 valence electrons. The van der Waals surface area contributed by atoms with Gasteiger partial charge in [0.15, 0.2) is 6.61 Å². The van der Waals surface area contributed by atoms with Gasteiger partial charge in [0.25, 0.3) is 5.91 Å². The Morgan fingerprint density at radius 2 is 1.86 bits per heavy atom. The van der Waals surface area contributed by atoms with Crippen LogP contribution in [0.3, 0.4) is 0 Å². The van der Waals surface area contributed by atoms with E-state index in [0.717, 1.165) is 6.26 Å². The molecule has 0 radical (unpaired) electrons. The van der Waals surface area contributed by atoms with Gasteiger partial charge in [0, 0.05) is 0 Å². The first-order valence-corrected chi connectivity index (χ1v) is 7.17. The van der Waals surface area contributed by atoms with Gasteiger partial charge in [-0.1, -0.05) is 34.8 Å². The Morgan fingerprint density at radius 3 is 2.55 bits per heavy atom. The Balaban J connectivity index is 1.89. The van der Waals surface area contributed by atoms with Crippen molar-refractivity contribution in [3.63, 3.8) is 0 Å². The number of hydrogen-bond acceptors (Lipinski definition) is 5. The predicted octanol–water partition coefficient (Wildman–Crippen LogP) is 3.02. The number of anilines is 1. The fraction of sp³-hybridized carbons (Fsp3) is 0.231. The van der Waals surface area contributed by atoms with E-state index in [0.29, 0.717) is 6.61 Å². The second kappa shape index (κ2) is 7.58. The number of halogens is 3. The second-order valence-corrected chi connectivity index (χ2v) is 5.29. The monoisotopic (exact) mass is 365 g/mol. The first-order chi connectivity index (χ1) is 10.5. The van der Waals surface area contributed by atoms with E-state index in [1.165, 1.54) is 12.1 Å². The van der Waals surface area contributed by atoms with Crippen LogP contribution in [-0.2, 0) is 23.8 Å². The van der Waals surface area contributed by atoms with E-state index in [-0.39, 0.29) is 33.1 Å². The molecule has 0 spiro atoms. The zero-order valence-electron chi connectivity index (χ0n) is 11.0. The molecule has 1 aromatic rings. The lowest BCUT2D eigenvalue weighted by atomic mass is 10.3. The molecule has 1 aliphatic heterocycles. The van der Waals surface area contributed by atoms with E-state index in [1.807, 2.05) is 0 Å². The van der Waals surface area contributed by atoms with Crippen molar-refractivity contribution in [2.45, 2.75) is 0 Å². The molecule has 0 unspecified atom stereocenters. The molecular weight excluding hydrogens is 357 g/mol. The molecule has 6 nitrogen and oxygen atoms in total. The van der Waals surface area contributed by atoms with Crippen LogP contribution in [0.5, 0.6) is 0 Å². The number of nitrogens with one attached hydrogen (secondary N) is 1. The van der Waals surface area contributed by atoms with Crippen LogP contribution < -0.4 is 5.32 Å².